The predicted octanol–water partition coefficient (Wildman–Crippen LogP) is 0.612. The number of rotatable bonds is 6. The van der Waals surface area contributed by atoms with E-state index in [-0.39, 0.29) is 12.3 Å². The van der Waals surface area contributed by atoms with Gasteiger partial charge in [-0.15, -0.1) is 0 Å². The summed E-state index contributed by atoms with van der Waals surface area (Å²) < 4.78 is 4.69. The lowest BCUT2D eigenvalue weighted by molar-refractivity contribution is -0.119. The van der Waals surface area contributed by atoms with E-state index in [1.807, 2.05) is 13.8 Å². The molecule has 1 aromatic rings. The Morgan fingerprint density at radius 3 is 2.74 bits per heavy atom. The number of ether oxygens (including phenoxy) is 1. The summed E-state index contributed by atoms with van der Waals surface area (Å²) in [5, 5.41) is 3.15. The summed E-state index contributed by atoms with van der Waals surface area (Å²) in [6.07, 6.45) is 1.80. The largest absolute Gasteiger partial charge is 0.465 e. The third kappa shape index (κ3) is 4.67. The van der Waals surface area contributed by atoms with E-state index in [4.69, 9.17) is 10.5 Å². The number of methoxy groups -OCH3 is 1. The molecule has 6 nitrogen and oxygen atoms in total. The minimum Gasteiger partial charge on any atom is -0.465 e. The van der Waals surface area contributed by atoms with Crippen LogP contribution in [0.4, 0.5) is 0 Å². The van der Waals surface area contributed by atoms with Gasteiger partial charge in [-0.3, -0.25) is 9.78 Å². The van der Waals surface area contributed by atoms with E-state index in [0.717, 1.165) is 0 Å². The SMILES string of the molecule is COC(=O)c1cccnc1CNC(C)(C)CC(N)=O. The number of carbonyl (C=O) groups is 2. The van der Waals surface area contributed by atoms with Gasteiger partial charge in [0.15, 0.2) is 0 Å². The fourth-order valence-electron chi connectivity index (χ4n) is 1.70. The zero-order valence-electron chi connectivity index (χ0n) is 11.4. The van der Waals surface area contributed by atoms with Gasteiger partial charge in [0.1, 0.15) is 0 Å². The van der Waals surface area contributed by atoms with Crippen molar-refractivity contribution in [1.82, 2.24) is 10.3 Å². The first-order valence-electron chi connectivity index (χ1n) is 5.91. The maximum Gasteiger partial charge on any atom is 0.339 e. The lowest BCUT2D eigenvalue weighted by atomic mass is 10.00. The quantitative estimate of drug-likeness (QED) is 0.735. The van der Waals surface area contributed by atoms with E-state index in [9.17, 15) is 9.59 Å². The zero-order valence-corrected chi connectivity index (χ0v) is 11.4. The highest BCUT2D eigenvalue weighted by molar-refractivity contribution is 5.90. The highest BCUT2D eigenvalue weighted by Gasteiger charge is 2.21. The number of hydrogen-bond acceptors (Lipinski definition) is 5. The molecule has 0 aromatic carbocycles. The highest BCUT2D eigenvalue weighted by atomic mass is 16.5. The molecule has 3 N–H and O–H groups in total. The van der Waals surface area contributed by atoms with Crippen molar-refractivity contribution in [3.63, 3.8) is 0 Å². The average Bonchev–Trinajstić information content (AvgIpc) is 2.34. The summed E-state index contributed by atoms with van der Waals surface area (Å²) in [5.41, 5.74) is 5.70. The maximum atomic E-state index is 11.6. The summed E-state index contributed by atoms with van der Waals surface area (Å²) >= 11 is 0. The number of nitrogens with one attached hydrogen (secondary N) is 1. The van der Waals surface area contributed by atoms with Gasteiger partial charge >= 0.3 is 5.97 Å². The van der Waals surface area contributed by atoms with Gasteiger partial charge in [-0.05, 0) is 26.0 Å². The Morgan fingerprint density at radius 1 is 1.47 bits per heavy atom. The Bertz CT molecular complexity index is 472. The molecule has 0 saturated carbocycles. The smallest absolute Gasteiger partial charge is 0.339 e. The van der Waals surface area contributed by atoms with Crippen LogP contribution < -0.4 is 11.1 Å². The molecular weight excluding hydrogens is 246 g/mol. The predicted molar refractivity (Wildman–Crippen MR) is 70.3 cm³/mol. The van der Waals surface area contributed by atoms with Gasteiger partial charge in [-0.2, -0.15) is 0 Å². The van der Waals surface area contributed by atoms with Crippen LogP contribution in [-0.2, 0) is 16.1 Å². The molecule has 19 heavy (non-hydrogen) atoms. The first kappa shape index (κ1) is 15.1. The van der Waals surface area contributed by atoms with E-state index in [1.54, 1.807) is 18.3 Å². The number of aromatic nitrogens is 1. The maximum absolute atomic E-state index is 11.6. The number of pyridine rings is 1. The molecule has 0 atom stereocenters. The third-order valence-electron chi connectivity index (χ3n) is 2.65. The number of nitrogens with zero attached hydrogens (tertiary/aromatic N) is 1. The molecular formula is C13H19N3O3. The van der Waals surface area contributed by atoms with Crippen molar-refractivity contribution >= 4 is 11.9 Å². The topological polar surface area (TPSA) is 94.3 Å². The molecule has 1 amide bonds. The molecule has 1 aromatic heterocycles. The van der Waals surface area contributed by atoms with Crippen molar-refractivity contribution in [3.8, 4) is 0 Å². The van der Waals surface area contributed by atoms with Gasteiger partial charge < -0.3 is 15.8 Å². The Hall–Kier alpha value is -1.95. The van der Waals surface area contributed by atoms with Gasteiger partial charge in [-0.25, -0.2) is 4.79 Å². The molecule has 104 valence electrons. The molecule has 0 bridgehead atoms. The van der Waals surface area contributed by atoms with Gasteiger partial charge in [0, 0.05) is 24.7 Å². The van der Waals surface area contributed by atoms with Gasteiger partial charge in [0.2, 0.25) is 5.91 Å². The molecule has 0 spiro atoms. The molecule has 0 unspecified atom stereocenters. The van der Waals surface area contributed by atoms with Crippen molar-refractivity contribution in [3.05, 3.63) is 29.6 Å². The number of carbonyl (C=O) groups excluding carboxylic acids is 2. The fraction of sp³-hybridized carbons (Fsp3) is 0.462. The number of amides is 1. The molecule has 0 aliphatic heterocycles. The molecule has 0 radical (unpaired) electrons. The minimum atomic E-state index is -0.462. The van der Waals surface area contributed by atoms with Crippen molar-refractivity contribution < 1.29 is 14.3 Å². The zero-order chi connectivity index (χ0) is 14.5. The van der Waals surface area contributed by atoms with Crippen LogP contribution in [0.25, 0.3) is 0 Å². The average molecular weight is 265 g/mol. The highest BCUT2D eigenvalue weighted by Crippen LogP contribution is 2.11. The second-order valence-corrected chi connectivity index (χ2v) is 4.87. The van der Waals surface area contributed by atoms with Crippen molar-refractivity contribution in [2.75, 3.05) is 7.11 Å². The Balaban J connectivity index is 2.78. The van der Waals surface area contributed by atoms with Gasteiger partial charge in [-0.1, -0.05) is 0 Å². The molecule has 0 saturated heterocycles. The van der Waals surface area contributed by atoms with Crippen LogP contribution in [0, 0.1) is 0 Å². The number of nitrogens with two attached hydrogens (primary N) is 1. The van der Waals surface area contributed by atoms with Crippen LogP contribution in [0.1, 0.15) is 36.3 Å². The van der Waals surface area contributed by atoms with Crippen molar-refractivity contribution in [2.45, 2.75) is 32.4 Å². The third-order valence-corrected chi connectivity index (χ3v) is 2.65. The van der Waals surface area contributed by atoms with Crippen LogP contribution in [-0.4, -0.2) is 29.5 Å². The Kier molecular flexibility index (Phi) is 5.00. The van der Waals surface area contributed by atoms with Crippen molar-refractivity contribution in [2.24, 2.45) is 5.73 Å². The van der Waals surface area contributed by atoms with Crippen LogP contribution >= 0.6 is 0 Å². The second kappa shape index (κ2) is 6.29. The first-order chi connectivity index (χ1) is 8.85. The van der Waals surface area contributed by atoms with E-state index in [2.05, 4.69) is 10.3 Å². The molecule has 0 fully saturated rings. The molecule has 0 aliphatic rings. The normalized spacial score (nSPS) is 11.1. The molecule has 6 heteroatoms. The monoisotopic (exact) mass is 265 g/mol. The van der Waals surface area contributed by atoms with Crippen LogP contribution in [0.5, 0.6) is 0 Å². The minimum absolute atomic E-state index is 0.202. The summed E-state index contributed by atoms with van der Waals surface area (Å²) in [6, 6.07) is 3.32. The van der Waals surface area contributed by atoms with E-state index in [0.29, 0.717) is 17.8 Å². The fourth-order valence-corrected chi connectivity index (χ4v) is 1.70. The number of esters is 1. The Labute approximate surface area is 112 Å². The Morgan fingerprint density at radius 2 is 2.16 bits per heavy atom. The molecule has 1 rings (SSSR count). The first-order valence-corrected chi connectivity index (χ1v) is 5.91. The number of primary amides is 1. The molecule has 0 aliphatic carbocycles. The standard InChI is InChI=1S/C13H19N3O3/c1-13(2,7-11(14)17)16-8-10-9(12(18)19-3)5-4-6-15-10/h4-6,16H,7-8H2,1-3H3,(H2,14,17). The summed E-state index contributed by atoms with van der Waals surface area (Å²) in [5.74, 6) is -0.815. The van der Waals surface area contributed by atoms with E-state index < -0.39 is 11.5 Å². The number of hydrogen-bond donors (Lipinski definition) is 2. The lowest BCUT2D eigenvalue weighted by Crippen LogP contribution is -2.42. The van der Waals surface area contributed by atoms with Crippen molar-refractivity contribution in [1.29, 1.82) is 0 Å². The second-order valence-electron chi connectivity index (χ2n) is 4.87. The van der Waals surface area contributed by atoms with Crippen LogP contribution in [0.2, 0.25) is 0 Å². The summed E-state index contributed by atoms with van der Waals surface area (Å²) in [6.45, 7) is 4.07. The molecule has 1 heterocycles. The van der Waals surface area contributed by atoms with Crippen LogP contribution in [0.3, 0.4) is 0 Å². The van der Waals surface area contributed by atoms with Gasteiger partial charge in [0.25, 0.3) is 0 Å². The van der Waals surface area contributed by atoms with Gasteiger partial charge in [0.05, 0.1) is 18.4 Å². The summed E-state index contributed by atoms with van der Waals surface area (Å²) in [7, 11) is 1.32. The summed E-state index contributed by atoms with van der Waals surface area (Å²) in [4.78, 5) is 26.7. The van der Waals surface area contributed by atoms with Crippen LogP contribution in [0.15, 0.2) is 18.3 Å². The van der Waals surface area contributed by atoms with E-state index in [1.165, 1.54) is 7.11 Å². The van der Waals surface area contributed by atoms with E-state index >= 15 is 0 Å². The lowest BCUT2D eigenvalue weighted by Gasteiger charge is -2.25.